The Hall–Kier alpha value is -1.73. The molecule has 0 atom stereocenters. The molecule has 0 aromatic heterocycles. The van der Waals surface area contributed by atoms with Crippen LogP contribution in [0.25, 0.3) is 0 Å². The van der Waals surface area contributed by atoms with Crippen LogP contribution in [0.3, 0.4) is 0 Å². The fraction of sp³-hybridized carbons (Fsp3) is 0.385. The minimum atomic E-state index is -3.56. The van der Waals surface area contributed by atoms with Crippen molar-refractivity contribution < 1.29 is 18.0 Å². The van der Waals surface area contributed by atoms with Gasteiger partial charge in [-0.1, -0.05) is 12.1 Å². The summed E-state index contributed by atoms with van der Waals surface area (Å²) < 4.78 is 26.2. The second-order valence-corrected chi connectivity index (χ2v) is 6.53. The number of aldehydes is 1. The Kier molecular flexibility index (Phi) is 4.20. The first-order chi connectivity index (χ1) is 9.45. The third-order valence-electron chi connectivity index (χ3n) is 3.34. The summed E-state index contributed by atoms with van der Waals surface area (Å²) in [6.07, 6.45) is 0.669. The van der Waals surface area contributed by atoms with E-state index in [0.717, 1.165) is 0 Å². The number of hydrogen-bond acceptors (Lipinski definition) is 4. The molecule has 1 fully saturated rings. The lowest BCUT2D eigenvalue weighted by Crippen LogP contribution is -2.49. The van der Waals surface area contributed by atoms with E-state index in [1.54, 1.807) is 4.90 Å². The Balaban J connectivity index is 2.14. The second kappa shape index (κ2) is 5.72. The van der Waals surface area contributed by atoms with Crippen LogP contribution in [0.4, 0.5) is 0 Å². The summed E-state index contributed by atoms with van der Waals surface area (Å²) in [4.78, 5) is 23.6. The maximum atomic E-state index is 12.4. The number of amides is 1. The van der Waals surface area contributed by atoms with Gasteiger partial charge in [0.25, 0.3) is 0 Å². The summed E-state index contributed by atoms with van der Waals surface area (Å²) >= 11 is 0. The second-order valence-electron chi connectivity index (χ2n) is 4.60. The van der Waals surface area contributed by atoms with Crippen molar-refractivity contribution in [3.05, 3.63) is 29.8 Å². The topological polar surface area (TPSA) is 74.8 Å². The minimum absolute atomic E-state index is 0.0441. The number of hydrogen-bond donors (Lipinski definition) is 0. The van der Waals surface area contributed by atoms with Crippen LogP contribution in [-0.4, -0.2) is 56.0 Å². The average Bonchev–Trinajstić information content (AvgIpc) is 2.47. The van der Waals surface area contributed by atoms with Crippen molar-refractivity contribution in [2.24, 2.45) is 0 Å². The molecular weight excluding hydrogens is 280 g/mol. The van der Waals surface area contributed by atoms with Crippen LogP contribution >= 0.6 is 0 Å². The van der Waals surface area contributed by atoms with Crippen molar-refractivity contribution in [3.63, 3.8) is 0 Å². The summed E-state index contributed by atoms with van der Waals surface area (Å²) in [5, 5.41) is 0. The van der Waals surface area contributed by atoms with Gasteiger partial charge in [0, 0.05) is 38.7 Å². The molecule has 0 N–H and O–H groups in total. The normalized spacial score (nSPS) is 16.9. The number of nitrogens with zero attached hydrogens (tertiary/aromatic N) is 2. The van der Waals surface area contributed by atoms with E-state index < -0.39 is 10.0 Å². The summed E-state index contributed by atoms with van der Waals surface area (Å²) in [6.45, 7) is 2.86. The highest BCUT2D eigenvalue weighted by Crippen LogP contribution is 2.18. The van der Waals surface area contributed by atoms with Crippen LogP contribution in [0.2, 0.25) is 0 Å². The van der Waals surface area contributed by atoms with Gasteiger partial charge in [0.15, 0.2) is 0 Å². The molecule has 20 heavy (non-hydrogen) atoms. The van der Waals surface area contributed by atoms with E-state index in [1.807, 2.05) is 0 Å². The van der Waals surface area contributed by atoms with Gasteiger partial charge in [-0.2, -0.15) is 4.31 Å². The molecule has 7 heteroatoms. The summed E-state index contributed by atoms with van der Waals surface area (Å²) in [7, 11) is -3.56. The Bertz CT molecular complexity index is 602. The van der Waals surface area contributed by atoms with Crippen molar-refractivity contribution in [2.45, 2.75) is 11.8 Å². The van der Waals surface area contributed by atoms with Crippen molar-refractivity contribution in [3.8, 4) is 0 Å². The molecule has 0 radical (unpaired) electrons. The lowest BCUT2D eigenvalue weighted by Gasteiger charge is -2.33. The molecule has 1 aromatic carbocycles. The SMILES string of the molecule is CC(=O)N1CCN(S(=O)(=O)c2ccc(C=O)cc2)CC1. The van der Waals surface area contributed by atoms with Gasteiger partial charge in [0.1, 0.15) is 6.29 Å². The van der Waals surface area contributed by atoms with E-state index in [2.05, 4.69) is 0 Å². The van der Waals surface area contributed by atoms with Crippen LogP contribution in [0, 0.1) is 0 Å². The molecule has 6 nitrogen and oxygen atoms in total. The smallest absolute Gasteiger partial charge is 0.243 e. The van der Waals surface area contributed by atoms with Gasteiger partial charge >= 0.3 is 0 Å². The van der Waals surface area contributed by atoms with Crippen LogP contribution in [-0.2, 0) is 14.8 Å². The van der Waals surface area contributed by atoms with Crippen LogP contribution in [0.1, 0.15) is 17.3 Å². The largest absolute Gasteiger partial charge is 0.340 e. The molecular formula is C13H16N2O4S. The molecule has 1 amide bonds. The number of piperazine rings is 1. The third kappa shape index (κ3) is 2.88. The zero-order chi connectivity index (χ0) is 14.8. The molecule has 1 heterocycles. The number of carbonyl (C=O) groups excluding carboxylic acids is 2. The highest BCUT2D eigenvalue weighted by Gasteiger charge is 2.28. The molecule has 0 bridgehead atoms. The predicted molar refractivity (Wildman–Crippen MR) is 72.8 cm³/mol. The Morgan fingerprint density at radius 2 is 1.65 bits per heavy atom. The number of carbonyl (C=O) groups is 2. The maximum Gasteiger partial charge on any atom is 0.243 e. The van der Waals surface area contributed by atoms with Gasteiger partial charge < -0.3 is 4.90 Å². The molecule has 108 valence electrons. The first-order valence-electron chi connectivity index (χ1n) is 6.26. The van der Waals surface area contributed by atoms with E-state index in [0.29, 0.717) is 24.9 Å². The van der Waals surface area contributed by atoms with E-state index in [9.17, 15) is 18.0 Å². The monoisotopic (exact) mass is 296 g/mol. The van der Waals surface area contributed by atoms with E-state index in [1.165, 1.54) is 35.5 Å². The number of sulfonamides is 1. The van der Waals surface area contributed by atoms with Crippen LogP contribution in [0.15, 0.2) is 29.2 Å². The summed E-state index contributed by atoms with van der Waals surface area (Å²) in [5.74, 6) is -0.0441. The average molecular weight is 296 g/mol. The quantitative estimate of drug-likeness (QED) is 0.754. The van der Waals surface area contributed by atoms with Gasteiger partial charge in [0.05, 0.1) is 4.90 Å². The molecule has 1 aromatic rings. The summed E-state index contributed by atoms with van der Waals surface area (Å²) in [5.41, 5.74) is 0.436. The minimum Gasteiger partial charge on any atom is -0.340 e. The van der Waals surface area contributed by atoms with Crippen molar-refractivity contribution in [2.75, 3.05) is 26.2 Å². The summed E-state index contributed by atoms with van der Waals surface area (Å²) in [6, 6.07) is 5.81. The maximum absolute atomic E-state index is 12.4. The van der Waals surface area contributed by atoms with Crippen LogP contribution < -0.4 is 0 Å². The van der Waals surface area contributed by atoms with Crippen molar-refractivity contribution >= 4 is 22.2 Å². The van der Waals surface area contributed by atoms with Gasteiger partial charge in [-0.05, 0) is 12.1 Å². The van der Waals surface area contributed by atoms with Gasteiger partial charge in [-0.25, -0.2) is 8.42 Å². The molecule has 0 spiro atoms. The molecule has 1 aliphatic heterocycles. The zero-order valence-corrected chi connectivity index (χ0v) is 12.0. The fourth-order valence-corrected chi connectivity index (χ4v) is 3.53. The van der Waals surface area contributed by atoms with Gasteiger partial charge in [0.2, 0.25) is 15.9 Å². The fourth-order valence-electron chi connectivity index (χ4n) is 2.11. The van der Waals surface area contributed by atoms with Gasteiger partial charge in [-0.3, -0.25) is 9.59 Å². The predicted octanol–water partition coefficient (Wildman–Crippen LogP) is 0.352. The first kappa shape index (κ1) is 14.7. The highest BCUT2D eigenvalue weighted by molar-refractivity contribution is 7.89. The molecule has 0 unspecified atom stereocenters. The molecule has 1 saturated heterocycles. The highest BCUT2D eigenvalue weighted by atomic mass is 32.2. The third-order valence-corrected chi connectivity index (χ3v) is 5.25. The van der Waals surface area contributed by atoms with E-state index in [-0.39, 0.29) is 23.9 Å². The molecule has 0 aliphatic carbocycles. The molecule has 0 saturated carbocycles. The number of rotatable bonds is 3. The Morgan fingerprint density at radius 1 is 1.10 bits per heavy atom. The number of benzene rings is 1. The van der Waals surface area contributed by atoms with Crippen molar-refractivity contribution in [1.29, 1.82) is 0 Å². The molecule has 1 aliphatic rings. The van der Waals surface area contributed by atoms with E-state index >= 15 is 0 Å². The first-order valence-corrected chi connectivity index (χ1v) is 7.70. The van der Waals surface area contributed by atoms with Gasteiger partial charge in [-0.15, -0.1) is 0 Å². The van der Waals surface area contributed by atoms with Crippen LogP contribution in [0.5, 0.6) is 0 Å². The zero-order valence-electron chi connectivity index (χ0n) is 11.2. The van der Waals surface area contributed by atoms with Crippen molar-refractivity contribution in [1.82, 2.24) is 9.21 Å². The lowest BCUT2D eigenvalue weighted by molar-refractivity contribution is -0.129. The lowest BCUT2D eigenvalue weighted by atomic mass is 10.2. The Labute approximate surface area is 118 Å². The standard InChI is InChI=1S/C13H16N2O4S/c1-11(17)14-6-8-15(9-7-14)20(18,19)13-4-2-12(10-16)3-5-13/h2-5,10H,6-9H2,1H3. The Morgan fingerprint density at radius 3 is 2.10 bits per heavy atom. The van der Waals surface area contributed by atoms with E-state index in [4.69, 9.17) is 0 Å². The molecule has 2 rings (SSSR count).